The van der Waals surface area contributed by atoms with Gasteiger partial charge in [0.25, 0.3) is 0 Å². The Labute approximate surface area is 101 Å². The third kappa shape index (κ3) is 2.97. The van der Waals surface area contributed by atoms with E-state index in [1.807, 2.05) is 49.0 Å². The van der Waals surface area contributed by atoms with Crippen LogP contribution in [-0.4, -0.2) is 17.0 Å². The van der Waals surface area contributed by atoms with Crippen LogP contribution < -0.4 is 4.74 Å². The van der Waals surface area contributed by atoms with Crippen LogP contribution in [0.3, 0.4) is 0 Å². The van der Waals surface area contributed by atoms with Gasteiger partial charge >= 0.3 is 0 Å². The van der Waals surface area contributed by atoms with Crippen LogP contribution in [0.25, 0.3) is 0 Å². The summed E-state index contributed by atoms with van der Waals surface area (Å²) >= 11 is 0. The summed E-state index contributed by atoms with van der Waals surface area (Å²) in [5.41, 5.74) is 1.80. The normalized spacial score (nSPS) is 10.2. The van der Waals surface area contributed by atoms with E-state index in [1.54, 1.807) is 12.3 Å². The lowest BCUT2D eigenvalue weighted by atomic mass is 10.2. The number of carbonyl (C=O) groups is 1. The minimum atomic E-state index is -0.00731. The minimum Gasteiger partial charge on any atom is -0.485 e. The van der Waals surface area contributed by atoms with Crippen molar-refractivity contribution >= 4 is 5.78 Å². The lowest BCUT2D eigenvalue weighted by Crippen LogP contribution is -2.10. The maximum Gasteiger partial charge on any atom is 0.201 e. The number of hydrogen-bond donors (Lipinski definition) is 0. The van der Waals surface area contributed by atoms with Gasteiger partial charge in [0.05, 0.1) is 0 Å². The SMILES string of the molecule is Cc1cccc(OCC(=O)c2ccn(C)c2)c1. The van der Waals surface area contributed by atoms with Crippen molar-refractivity contribution in [3.8, 4) is 5.75 Å². The van der Waals surface area contributed by atoms with E-state index in [0.717, 1.165) is 11.3 Å². The number of ether oxygens (including phenoxy) is 1. The van der Waals surface area contributed by atoms with Crippen LogP contribution in [0.15, 0.2) is 42.7 Å². The lowest BCUT2D eigenvalue weighted by Gasteiger charge is -2.05. The fraction of sp³-hybridized carbons (Fsp3) is 0.214. The van der Waals surface area contributed by atoms with Gasteiger partial charge < -0.3 is 9.30 Å². The van der Waals surface area contributed by atoms with Crippen molar-refractivity contribution in [1.29, 1.82) is 0 Å². The quantitative estimate of drug-likeness (QED) is 0.754. The molecule has 0 fully saturated rings. The van der Waals surface area contributed by atoms with Gasteiger partial charge in [-0.3, -0.25) is 4.79 Å². The molecule has 0 N–H and O–H groups in total. The molecule has 3 heteroatoms. The highest BCUT2D eigenvalue weighted by molar-refractivity contribution is 5.97. The van der Waals surface area contributed by atoms with Gasteiger partial charge in [-0.25, -0.2) is 0 Å². The molecule has 0 saturated heterocycles. The van der Waals surface area contributed by atoms with Crippen molar-refractivity contribution in [2.45, 2.75) is 6.92 Å². The zero-order valence-electron chi connectivity index (χ0n) is 10.0. The first-order chi connectivity index (χ1) is 8.15. The molecule has 0 atom stereocenters. The summed E-state index contributed by atoms with van der Waals surface area (Å²) in [6.45, 7) is 2.07. The molecule has 88 valence electrons. The van der Waals surface area contributed by atoms with Crippen LogP contribution in [-0.2, 0) is 7.05 Å². The number of aryl methyl sites for hydroxylation is 2. The second kappa shape index (κ2) is 4.87. The summed E-state index contributed by atoms with van der Waals surface area (Å²) in [6.07, 6.45) is 3.64. The number of benzene rings is 1. The molecule has 0 radical (unpaired) electrons. The highest BCUT2D eigenvalue weighted by Crippen LogP contribution is 2.13. The molecular formula is C14H15NO2. The predicted molar refractivity (Wildman–Crippen MR) is 66.4 cm³/mol. The van der Waals surface area contributed by atoms with Crippen LogP contribution in [0.5, 0.6) is 5.75 Å². The number of nitrogens with zero attached hydrogens (tertiary/aromatic N) is 1. The number of Topliss-reactive ketones (excluding diaryl/α,β-unsaturated/α-hetero) is 1. The van der Waals surface area contributed by atoms with Crippen LogP contribution in [0.2, 0.25) is 0 Å². The van der Waals surface area contributed by atoms with Crippen molar-refractivity contribution in [3.05, 3.63) is 53.9 Å². The number of rotatable bonds is 4. The van der Waals surface area contributed by atoms with E-state index in [2.05, 4.69) is 0 Å². The summed E-state index contributed by atoms with van der Waals surface area (Å²) in [6, 6.07) is 9.47. The fourth-order valence-corrected chi connectivity index (χ4v) is 1.61. The number of aromatic nitrogens is 1. The van der Waals surface area contributed by atoms with Crippen molar-refractivity contribution < 1.29 is 9.53 Å². The van der Waals surface area contributed by atoms with E-state index in [4.69, 9.17) is 4.74 Å². The summed E-state index contributed by atoms with van der Waals surface area (Å²) in [7, 11) is 1.89. The summed E-state index contributed by atoms with van der Waals surface area (Å²) in [4.78, 5) is 11.8. The van der Waals surface area contributed by atoms with Gasteiger partial charge in [-0.15, -0.1) is 0 Å². The van der Waals surface area contributed by atoms with Crippen LogP contribution in [0.4, 0.5) is 0 Å². The van der Waals surface area contributed by atoms with Gasteiger partial charge in [-0.05, 0) is 30.7 Å². The monoisotopic (exact) mass is 229 g/mol. The Bertz CT molecular complexity index is 529. The van der Waals surface area contributed by atoms with Crippen LogP contribution in [0.1, 0.15) is 15.9 Å². The van der Waals surface area contributed by atoms with Crippen molar-refractivity contribution in [2.75, 3.05) is 6.61 Å². The summed E-state index contributed by atoms with van der Waals surface area (Å²) in [5.74, 6) is 0.724. The van der Waals surface area contributed by atoms with Gasteiger partial charge in [-0.1, -0.05) is 12.1 Å². The fourth-order valence-electron chi connectivity index (χ4n) is 1.61. The molecule has 0 bridgehead atoms. The first-order valence-corrected chi connectivity index (χ1v) is 5.50. The Balaban J connectivity index is 1.97. The van der Waals surface area contributed by atoms with Gasteiger partial charge in [0.2, 0.25) is 5.78 Å². The maximum atomic E-state index is 11.8. The highest BCUT2D eigenvalue weighted by Gasteiger charge is 2.07. The number of ketones is 1. The van der Waals surface area contributed by atoms with Gasteiger partial charge in [-0.2, -0.15) is 0 Å². The molecule has 0 aliphatic carbocycles. The van der Waals surface area contributed by atoms with Gasteiger partial charge in [0.1, 0.15) is 5.75 Å². The van der Waals surface area contributed by atoms with Gasteiger partial charge in [0.15, 0.2) is 6.61 Å². The first kappa shape index (κ1) is 11.5. The highest BCUT2D eigenvalue weighted by atomic mass is 16.5. The summed E-state index contributed by atoms with van der Waals surface area (Å²) in [5, 5.41) is 0. The molecule has 2 aromatic rings. The van der Waals surface area contributed by atoms with Crippen molar-refractivity contribution in [3.63, 3.8) is 0 Å². The third-order valence-corrected chi connectivity index (χ3v) is 2.51. The topological polar surface area (TPSA) is 31.2 Å². The molecule has 0 amide bonds. The number of carbonyl (C=O) groups excluding carboxylic acids is 1. The predicted octanol–water partition coefficient (Wildman–Crippen LogP) is 2.60. The van der Waals surface area contributed by atoms with Crippen molar-refractivity contribution in [2.24, 2.45) is 7.05 Å². The van der Waals surface area contributed by atoms with E-state index in [9.17, 15) is 4.79 Å². The zero-order valence-corrected chi connectivity index (χ0v) is 10.0. The molecule has 0 saturated carbocycles. The molecule has 0 spiro atoms. The second-order valence-corrected chi connectivity index (χ2v) is 4.09. The smallest absolute Gasteiger partial charge is 0.201 e. The van der Waals surface area contributed by atoms with E-state index in [1.165, 1.54) is 0 Å². The maximum absolute atomic E-state index is 11.8. The number of hydrogen-bond acceptors (Lipinski definition) is 2. The Kier molecular flexibility index (Phi) is 3.28. The Hall–Kier alpha value is -2.03. The Morgan fingerprint density at radius 3 is 2.82 bits per heavy atom. The lowest BCUT2D eigenvalue weighted by molar-refractivity contribution is 0.0921. The first-order valence-electron chi connectivity index (χ1n) is 5.50. The zero-order chi connectivity index (χ0) is 12.3. The standard InChI is InChI=1S/C14H15NO2/c1-11-4-3-5-13(8-11)17-10-14(16)12-6-7-15(2)9-12/h3-9H,10H2,1-2H3. The van der Waals surface area contributed by atoms with E-state index < -0.39 is 0 Å². The Morgan fingerprint density at radius 1 is 1.35 bits per heavy atom. The molecule has 0 aliphatic heterocycles. The molecule has 1 aromatic heterocycles. The average molecular weight is 229 g/mol. The largest absolute Gasteiger partial charge is 0.485 e. The van der Waals surface area contributed by atoms with Crippen LogP contribution in [0, 0.1) is 6.92 Å². The van der Waals surface area contributed by atoms with E-state index in [-0.39, 0.29) is 12.4 Å². The molecule has 3 nitrogen and oxygen atoms in total. The van der Waals surface area contributed by atoms with E-state index in [0.29, 0.717) is 5.56 Å². The molecule has 1 heterocycles. The second-order valence-electron chi connectivity index (χ2n) is 4.09. The minimum absolute atomic E-state index is 0.00731. The molecule has 17 heavy (non-hydrogen) atoms. The van der Waals surface area contributed by atoms with Crippen molar-refractivity contribution in [1.82, 2.24) is 4.57 Å². The average Bonchev–Trinajstić information content (AvgIpc) is 2.73. The molecule has 0 unspecified atom stereocenters. The molecular weight excluding hydrogens is 214 g/mol. The molecule has 0 aliphatic rings. The summed E-state index contributed by atoms with van der Waals surface area (Å²) < 4.78 is 7.30. The molecule has 1 aromatic carbocycles. The molecule has 2 rings (SSSR count). The Morgan fingerprint density at radius 2 is 2.18 bits per heavy atom. The van der Waals surface area contributed by atoms with Crippen LogP contribution >= 0.6 is 0 Å². The van der Waals surface area contributed by atoms with E-state index >= 15 is 0 Å². The third-order valence-electron chi connectivity index (χ3n) is 2.51. The van der Waals surface area contributed by atoms with Gasteiger partial charge in [0, 0.05) is 25.0 Å².